The maximum atomic E-state index is 11.8. The lowest BCUT2D eigenvalue weighted by molar-refractivity contribution is -0.154. The van der Waals surface area contributed by atoms with Crippen molar-refractivity contribution in [2.24, 2.45) is 5.92 Å². The molecule has 0 saturated heterocycles. The first-order valence-electron chi connectivity index (χ1n) is 6.64. The van der Waals surface area contributed by atoms with Gasteiger partial charge < -0.3 is 4.74 Å². The van der Waals surface area contributed by atoms with Gasteiger partial charge in [-0.25, -0.2) is 4.98 Å². The van der Waals surface area contributed by atoms with Crippen LogP contribution in [0.5, 0.6) is 0 Å². The molecule has 7 heteroatoms. The van der Waals surface area contributed by atoms with Gasteiger partial charge in [0.2, 0.25) is 0 Å². The minimum atomic E-state index is -0.360. The van der Waals surface area contributed by atoms with E-state index < -0.39 is 0 Å². The molecule has 1 aliphatic carbocycles. The van der Waals surface area contributed by atoms with Crippen LogP contribution < -0.4 is 5.32 Å². The average molecular weight is 369 g/mol. The Hall–Kier alpha value is -1.47. The predicted octanol–water partition coefficient (Wildman–Crippen LogP) is 3.34. The monoisotopic (exact) mass is 368 g/mol. The van der Waals surface area contributed by atoms with Crippen LogP contribution in [0.2, 0.25) is 0 Å². The average Bonchev–Trinajstić information content (AvgIpc) is 2.75. The first kappa shape index (κ1) is 14.5. The van der Waals surface area contributed by atoms with Crippen LogP contribution in [0.3, 0.4) is 0 Å². The lowest BCUT2D eigenvalue weighted by atomic mass is 9.86. The second kappa shape index (κ2) is 6.11. The van der Waals surface area contributed by atoms with Crippen LogP contribution in [-0.2, 0) is 14.3 Å². The number of carbonyl (C=O) groups excluding carboxylic acids is 2. The van der Waals surface area contributed by atoms with Crippen molar-refractivity contribution in [3.8, 4) is 0 Å². The molecular weight excluding hydrogens is 356 g/mol. The number of hydrogen-bond acceptors (Lipinski definition) is 5. The second-order valence-corrected chi connectivity index (χ2v) is 6.86. The van der Waals surface area contributed by atoms with Gasteiger partial charge in [0.05, 0.1) is 16.1 Å². The fraction of sp³-hybridized carbons (Fsp3) is 0.357. The molecule has 2 aromatic rings. The SMILES string of the molecule is O=C(COC(=O)C1CCC1)Nc1nc2ccc(Br)cc2s1. The molecule has 0 aliphatic heterocycles. The van der Waals surface area contributed by atoms with Crippen molar-refractivity contribution >= 4 is 54.5 Å². The highest BCUT2D eigenvalue weighted by Gasteiger charge is 2.27. The van der Waals surface area contributed by atoms with Crippen molar-refractivity contribution in [3.63, 3.8) is 0 Å². The molecule has 1 heterocycles. The zero-order valence-electron chi connectivity index (χ0n) is 11.1. The van der Waals surface area contributed by atoms with Crippen LogP contribution in [0.1, 0.15) is 19.3 Å². The van der Waals surface area contributed by atoms with Gasteiger partial charge in [0.15, 0.2) is 11.7 Å². The van der Waals surface area contributed by atoms with Crippen molar-refractivity contribution < 1.29 is 14.3 Å². The van der Waals surface area contributed by atoms with Gasteiger partial charge in [-0.05, 0) is 31.0 Å². The molecule has 110 valence electrons. The molecule has 1 aromatic carbocycles. The van der Waals surface area contributed by atoms with Crippen molar-refractivity contribution in [1.82, 2.24) is 4.98 Å². The van der Waals surface area contributed by atoms with E-state index in [4.69, 9.17) is 4.74 Å². The van der Waals surface area contributed by atoms with Gasteiger partial charge in [0, 0.05) is 4.47 Å². The van der Waals surface area contributed by atoms with Crippen molar-refractivity contribution in [2.75, 3.05) is 11.9 Å². The zero-order valence-corrected chi connectivity index (χ0v) is 13.5. The summed E-state index contributed by atoms with van der Waals surface area (Å²) in [4.78, 5) is 27.6. The maximum Gasteiger partial charge on any atom is 0.309 e. The van der Waals surface area contributed by atoms with E-state index in [-0.39, 0.29) is 24.4 Å². The first-order chi connectivity index (χ1) is 10.1. The summed E-state index contributed by atoms with van der Waals surface area (Å²) < 4.78 is 6.93. The first-order valence-corrected chi connectivity index (χ1v) is 8.25. The van der Waals surface area contributed by atoms with Crippen LogP contribution in [0.4, 0.5) is 5.13 Å². The van der Waals surface area contributed by atoms with E-state index in [2.05, 4.69) is 26.2 Å². The number of ether oxygens (including phenoxy) is 1. The van der Waals surface area contributed by atoms with E-state index in [9.17, 15) is 9.59 Å². The Bertz CT molecular complexity index is 697. The molecule has 0 radical (unpaired) electrons. The molecule has 0 bridgehead atoms. The van der Waals surface area contributed by atoms with Gasteiger partial charge in [0.1, 0.15) is 0 Å². The minimum Gasteiger partial charge on any atom is -0.455 e. The number of esters is 1. The number of benzene rings is 1. The van der Waals surface area contributed by atoms with Gasteiger partial charge >= 0.3 is 5.97 Å². The summed E-state index contributed by atoms with van der Waals surface area (Å²) in [5.41, 5.74) is 0.824. The Morgan fingerprint density at radius 2 is 2.24 bits per heavy atom. The van der Waals surface area contributed by atoms with Crippen LogP contribution >= 0.6 is 27.3 Å². The van der Waals surface area contributed by atoms with Crippen molar-refractivity contribution in [3.05, 3.63) is 22.7 Å². The molecule has 1 fully saturated rings. The summed E-state index contributed by atoms with van der Waals surface area (Å²) in [5.74, 6) is -0.650. The van der Waals surface area contributed by atoms with Crippen molar-refractivity contribution in [1.29, 1.82) is 0 Å². The second-order valence-electron chi connectivity index (χ2n) is 4.91. The molecule has 0 spiro atoms. The lowest BCUT2D eigenvalue weighted by Gasteiger charge is -2.22. The number of aromatic nitrogens is 1. The summed E-state index contributed by atoms with van der Waals surface area (Å²) in [6.07, 6.45) is 2.80. The van der Waals surface area contributed by atoms with E-state index in [1.54, 1.807) is 0 Å². The van der Waals surface area contributed by atoms with Crippen LogP contribution in [-0.4, -0.2) is 23.5 Å². The third kappa shape index (κ3) is 3.41. The number of nitrogens with zero attached hydrogens (tertiary/aromatic N) is 1. The highest BCUT2D eigenvalue weighted by Crippen LogP contribution is 2.29. The summed E-state index contributed by atoms with van der Waals surface area (Å²) in [6.45, 7) is -0.255. The predicted molar refractivity (Wildman–Crippen MR) is 84.2 cm³/mol. The van der Waals surface area contributed by atoms with E-state index in [1.807, 2.05) is 18.2 Å². The van der Waals surface area contributed by atoms with Crippen LogP contribution in [0.15, 0.2) is 22.7 Å². The smallest absolute Gasteiger partial charge is 0.309 e. The molecular formula is C14H13BrN2O3S. The Kier molecular flexibility index (Phi) is 4.21. The van der Waals surface area contributed by atoms with E-state index in [0.717, 1.165) is 34.0 Å². The third-order valence-electron chi connectivity index (χ3n) is 3.38. The van der Waals surface area contributed by atoms with Gasteiger partial charge in [-0.2, -0.15) is 0 Å². The van der Waals surface area contributed by atoms with Gasteiger partial charge in [-0.1, -0.05) is 33.7 Å². The third-order valence-corrected chi connectivity index (χ3v) is 4.81. The highest BCUT2D eigenvalue weighted by molar-refractivity contribution is 9.10. The standard InChI is InChI=1S/C14H13BrN2O3S/c15-9-4-5-10-11(6-9)21-14(16-10)17-12(18)7-20-13(19)8-2-1-3-8/h4-6,8H,1-3,7H2,(H,16,17,18). The summed E-state index contributed by atoms with van der Waals surface area (Å²) in [6, 6.07) is 5.72. The quantitative estimate of drug-likeness (QED) is 0.840. The normalized spacial score (nSPS) is 14.7. The van der Waals surface area contributed by atoms with E-state index in [0.29, 0.717) is 5.13 Å². The van der Waals surface area contributed by atoms with Gasteiger partial charge in [-0.3, -0.25) is 14.9 Å². The molecule has 3 rings (SSSR count). The van der Waals surface area contributed by atoms with E-state index in [1.165, 1.54) is 11.3 Å². The fourth-order valence-electron chi connectivity index (χ4n) is 2.01. The molecule has 1 aromatic heterocycles. The number of carbonyl (C=O) groups is 2. The summed E-state index contributed by atoms with van der Waals surface area (Å²) in [7, 11) is 0. The maximum absolute atomic E-state index is 11.8. The molecule has 1 amide bonds. The Morgan fingerprint density at radius 1 is 1.43 bits per heavy atom. The minimum absolute atomic E-state index is 0.0161. The summed E-state index contributed by atoms with van der Waals surface area (Å²) >= 11 is 4.78. The highest BCUT2D eigenvalue weighted by atomic mass is 79.9. The van der Waals surface area contributed by atoms with Crippen LogP contribution in [0.25, 0.3) is 10.2 Å². The van der Waals surface area contributed by atoms with Crippen LogP contribution in [0, 0.1) is 5.92 Å². The van der Waals surface area contributed by atoms with E-state index >= 15 is 0 Å². The number of anilines is 1. The lowest BCUT2D eigenvalue weighted by Crippen LogP contribution is -2.28. The Balaban J connectivity index is 1.56. The molecule has 1 saturated carbocycles. The summed E-state index contributed by atoms with van der Waals surface area (Å²) in [5, 5.41) is 3.16. The largest absolute Gasteiger partial charge is 0.455 e. The number of rotatable bonds is 4. The number of fused-ring (bicyclic) bond motifs is 1. The Morgan fingerprint density at radius 3 is 2.95 bits per heavy atom. The van der Waals surface area contributed by atoms with Gasteiger partial charge in [0.25, 0.3) is 5.91 Å². The Labute approximate surface area is 133 Å². The zero-order chi connectivity index (χ0) is 14.8. The molecule has 21 heavy (non-hydrogen) atoms. The molecule has 5 nitrogen and oxygen atoms in total. The molecule has 1 aliphatic rings. The fourth-order valence-corrected chi connectivity index (χ4v) is 3.44. The number of thiazole rings is 1. The number of nitrogens with one attached hydrogen (secondary N) is 1. The number of halogens is 1. The molecule has 0 unspecified atom stereocenters. The topological polar surface area (TPSA) is 68.3 Å². The van der Waals surface area contributed by atoms with Crippen molar-refractivity contribution in [2.45, 2.75) is 19.3 Å². The van der Waals surface area contributed by atoms with Gasteiger partial charge in [-0.15, -0.1) is 0 Å². The number of hydrogen-bond donors (Lipinski definition) is 1. The number of amides is 1. The molecule has 1 N–H and O–H groups in total. The molecule has 0 atom stereocenters.